The maximum Gasteiger partial charge on any atom is 0.279 e. The van der Waals surface area contributed by atoms with E-state index >= 15 is 0 Å². The van der Waals surface area contributed by atoms with Gasteiger partial charge in [-0.15, -0.1) is 0 Å². The zero-order valence-electron chi connectivity index (χ0n) is 5.10. The molecule has 0 bridgehead atoms. The zero-order valence-corrected chi connectivity index (χ0v) is 5.85. The van der Waals surface area contributed by atoms with Gasteiger partial charge in [0.05, 0.1) is 6.20 Å². The minimum atomic E-state index is -1.08. The molecule has 0 atom stereocenters. The van der Waals surface area contributed by atoms with Crippen LogP contribution in [0, 0.1) is 5.95 Å². The van der Waals surface area contributed by atoms with Crippen molar-refractivity contribution in [3.8, 4) is 0 Å². The van der Waals surface area contributed by atoms with E-state index < -0.39 is 22.4 Å². The SMILES string of the molecule is O=C(Cl)c1nc(F)c[nH]c1=O. The molecule has 58 valence electrons. The Hall–Kier alpha value is -1.23. The van der Waals surface area contributed by atoms with Crippen LogP contribution in [0.4, 0.5) is 4.39 Å². The van der Waals surface area contributed by atoms with Crippen LogP contribution in [0.5, 0.6) is 0 Å². The second kappa shape index (κ2) is 2.79. The maximum atomic E-state index is 12.2. The summed E-state index contributed by atoms with van der Waals surface area (Å²) < 4.78 is 12.2. The highest BCUT2D eigenvalue weighted by molar-refractivity contribution is 6.67. The normalized spacial score (nSPS) is 9.64. The van der Waals surface area contributed by atoms with Gasteiger partial charge in [0.2, 0.25) is 5.95 Å². The molecule has 1 heterocycles. The fraction of sp³-hybridized carbons (Fsp3) is 0. The molecule has 1 rings (SSSR count). The highest BCUT2D eigenvalue weighted by atomic mass is 35.5. The standard InChI is InChI=1S/C5H2ClFN2O2/c6-4(10)3-5(11)8-1-2(7)9-3/h1H,(H,8,11). The quantitative estimate of drug-likeness (QED) is 0.626. The minimum Gasteiger partial charge on any atom is -0.323 e. The molecule has 6 heteroatoms. The Morgan fingerprint density at radius 1 is 1.73 bits per heavy atom. The number of hydrogen-bond donors (Lipinski definition) is 1. The Balaban J connectivity index is 3.35. The Bertz CT molecular complexity index is 349. The average molecular weight is 177 g/mol. The van der Waals surface area contributed by atoms with Gasteiger partial charge in [-0.05, 0) is 11.6 Å². The van der Waals surface area contributed by atoms with E-state index in [1.807, 2.05) is 4.98 Å². The number of nitrogens with one attached hydrogen (secondary N) is 1. The van der Waals surface area contributed by atoms with E-state index in [4.69, 9.17) is 11.6 Å². The number of carbonyl (C=O) groups is 1. The molecule has 0 saturated heterocycles. The minimum absolute atomic E-state index is 0.633. The largest absolute Gasteiger partial charge is 0.323 e. The van der Waals surface area contributed by atoms with Gasteiger partial charge in [0.15, 0.2) is 5.69 Å². The highest BCUT2D eigenvalue weighted by Gasteiger charge is 2.09. The summed E-state index contributed by atoms with van der Waals surface area (Å²) in [6, 6.07) is 0. The lowest BCUT2D eigenvalue weighted by molar-refractivity contribution is 0.107. The van der Waals surface area contributed by atoms with Crippen molar-refractivity contribution >= 4 is 16.8 Å². The molecule has 0 aliphatic carbocycles. The molecule has 0 amide bonds. The van der Waals surface area contributed by atoms with Gasteiger partial charge >= 0.3 is 0 Å². The van der Waals surface area contributed by atoms with Crippen LogP contribution in [-0.2, 0) is 0 Å². The molecule has 0 aliphatic heterocycles. The molecule has 0 aromatic carbocycles. The summed E-state index contributed by atoms with van der Waals surface area (Å²) in [5.74, 6) is -0.950. The van der Waals surface area contributed by atoms with E-state index in [2.05, 4.69) is 4.98 Å². The maximum absolute atomic E-state index is 12.2. The smallest absolute Gasteiger partial charge is 0.279 e. The third-order valence-corrected chi connectivity index (χ3v) is 1.12. The van der Waals surface area contributed by atoms with Crippen molar-refractivity contribution in [2.45, 2.75) is 0 Å². The number of halogens is 2. The predicted molar refractivity (Wildman–Crippen MR) is 35.0 cm³/mol. The Morgan fingerprint density at radius 3 is 2.82 bits per heavy atom. The number of aromatic amines is 1. The summed E-state index contributed by atoms with van der Waals surface area (Å²) >= 11 is 4.89. The molecular weight excluding hydrogens is 175 g/mol. The molecule has 0 fully saturated rings. The first-order valence-electron chi connectivity index (χ1n) is 2.56. The Labute approximate surface area is 65.0 Å². The predicted octanol–water partition coefficient (Wildman–Crippen LogP) is 0.288. The van der Waals surface area contributed by atoms with E-state index in [1.165, 1.54) is 0 Å². The molecule has 0 radical (unpaired) electrons. The summed E-state index contributed by atoms with van der Waals surface area (Å²) in [6.45, 7) is 0. The molecule has 4 nitrogen and oxygen atoms in total. The lowest BCUT2D eigenvalue weighted by Gasteiger charge is -1.89. The molecule has 0 saturated carbocycles. The number of nitrogens with zero attached hydrogens (tertiary/aromatic N) is 1. The molecule has 1 aromatic heterocycles. The summed E-state index contributed by atoms with van der Waals surface area (Å²) in [5, 5.41) is -1.08. The highest BCUT2D eigenvalue weighted by Crippen LogP contribution is 1.93. The first-order chi connectivity index (χ1) is 5.11. The summed E-state index contributed by atoms with van der Waals surface area (Å²) in [6.07, 6.45) is 0.742. The second-order valence-corrected chi connectivity index (χ2v) is 2.02. The van der Waals surface area contributed by atoms with E-state index in [0.717, 1.165) is 6.20 Å². The molecule has 0 aliphatic rings. The third kappa shape index (κ3) is 1.62. The van der Waals surface area contributed by atoms with Crippen molar-refractivity contribution in [2.75, 3.05) is 0 Å². The number of H-pyrrole nitrogens is 1. The van der Waals surface area contributed by atoms with Gasteiger partial charge < -0.3 is 4.98 Å². The van der Waals surface area contributed by atoms with Gasteiger partial charge in [0, 0.05) is 0 Å². The fourth-order valence-electron chi connectivity index (χ4n) is 0.517. The fourth-order valence-corrected chi connectivity index (χ4v) is 0.645. The van der Waals surface area contributed by atoms with Crippen LogP contribution in [0.1, 0.15) is 10.5 Å². The molecule has 11 heavy (non-hydrogen) atoms. The van der Waals surface area contributed by atoms with Gasteiger partial charge in [-0.25, -0.2) is 4.98 Å². The molecule has 0 unspecified atom stereocenters. The lowest BCUT2D eigenvalue weighted by atomic mass is 10.5. The van der Waals surface area contributed by atoms with Gasteiger partial charge in [-0.1, -0.05) is 0 Å². The topological polar surface area (TPSA) is 62.8 Å². The number of carbonyl (C=O) groups excluding carboxylic acids is 1. The van der Waals surface area contributed by atoms with Crippen LogP contribution in [0.15, 0.2) is 11.0 Å². The van der Waals surface area contributed by atoms with Crippen LogP contribution in [0.2, 0.25) is 0 Å². The Morgan fingerprint density at radius 2 is 2.36 bits per heavy atom. The molecule has 0 spiro atoms. The second-order valence-electron chi connectivity index (χ2n) is 1.67. The Kier molecular flexibility index (Phi) is 2.00. The summed E-state index contributed by atoms with van der Waals surface area (Å²) in [4.78, 5) is 25.9. The van der Waals surface area contributed by atoms with E-state index in [9.17, 15) is 14.0 Å². The van der Waals surface area contributed by atoms with Crippen LogP contribution in [0.25, 0.3) is 0 Å². The number of rotatable bonds is 1. The number of aromatic nitrogens is 2. The first kappa shape index (κ1) is 7.87. The zero-order chi connectivity index (χ0) is 8.43. The van der Waals surface area contributed by atoms with Crippen molar-refractivity contribution in [1.82, 2.24) is 9.97 Å². The number of hydrogen-bond acceptors (Lipinski definition) is 3. The average Bonchev–Trinajstić information content (AvgIpc) is 1.94. The van der Waals surface area contributed by atoms with Crippen LogP contribution >= 0.6 is 11.6 Å². The third-order valence-electron chi connectivity index (χ3n) is 0.942. The van der Waals surface area contributed by atoms with Crippen LogP contribution in [0.3, 0.4) is 0 Å². The van der Waals surface area contributed by atoms with Gasteiger partial charge in [-0.2, -0.15) is 4.39 Å². The first-order valence-corrected chi connectivity index (χ1v) is 2.94. The van der Waals surface area contributed by atoms with Crippen molar-refractivity contribution < 1.29 is 9.18 Å². The van der Waals surface area contributed by atoms with Gasteiger partial charge in [0.1, 0.15) is 0 Å². The van der Waals surface area contributed by atoms with Crippen molar-refractivity contribution in [2.24, 2.45) is 0 Å². The molecule has 1 aromatic rings. The van der Waals surface area contributed by atoms with Gasteiger partial charge in [0.25, 0.3) is 10.8 Å². The van der Waals surface area contributed by atoms with Crippen LogP contribution < -0.4 is 5.56 Å². The lowest BCUT2D eigenvalue weighted by Crippen LogP contribution is -2.17. The van der Waals surface area contributed by atoms with E-state index in [1.54, 1.807) is 0 Å². The molecule has 1 N–H and O–H groups in total. The van der Waals surface area contributed by atoms with E-state index in [0.29, 0.717) is 0 Å². The van der Waals surface area contributed by atoms with E-state index in [-0.39, 0.29) is 0 Å². The van der Waals surface area contributed by atoms with Crippen molar-refractivity contribution in [3.05, 3.63) is 28.2 Å². The molecular formula is C5H2ClFN2O2. The summed E-state index contributed by atoms with van der Waals surface area (Å²) in [7, 11) is 0. The summed E-state index contributed by atoms with van der Waals surface area (Å²) in [5.41, 5.74) is -1.43. The monoisotopic (exact) mass is 176 g/mol. The van der Waals surface area contributed by atoms with Crippen molar-refractivity contribution in [3.63, 3.8) is 0 Å². The van der Waals surface area contributed by atoms with Crippen molar-refractivity contribution in [1.29, 1.82) is 0 Å². The van der Waals surface area contributed by atoms with Gasteiger partial charge in [-0.3, -0.25) is 9.59 Å². The van der Waals surface area contributed by atoms with Crippen LogP contribution in [-0.4, -0.2) is 15.2 Å².